The topological polar surface area (TPSA) is 53.2 Å². The first kappa shape index (κ1) is 16.6. The van der Waals surface area contributed by atoms with E-state index in [2.05, 4.69) is 4.98 Å². The van der Waals surface area contributed by atoms with E-state index in [1.807, 2.05) is 38.1 Å². The van der Waals surface area contributed by atoms with Crippen LogP contribution in [0.2, 0.25) is 5.02 Å². The zero-order chi connectivity index (χ0) is 17.8. The molecule has 2 aromatic carbocycles. The van der Waals surface area contributed by atoms with Gasteiger partial charge in [0.2, 0.25) is 10.0 Å². The molecule has 0 unspecified atom stereocenters. The molecule has 4 nitrogen and oxygen atoms in total. The van der Waals surface area contributed by atoms with Gasteiger partial charge in [-0.1, -0.05) is 17.7 Å². The van der Waals surface area contributed by atoms with Crippen molar-refractivity contribution in [3.05, 3.63) is 63.8 Å². The second kappa shape index (κ2) is 5.87. The van der Waals surface area contributed by atoms with E-state index in [9.17, 15) is 8.42 Å². The van der Waals surface area contributed by atoms with E-state index >= 15 is 0 Å². The predicted octanol–water partition coefficient (Wildman–Crippen LogP) is 4.19. The fourth-order valence-electron chi connectivity index (χ4n) is 3.39. The first-order valence-corrected chi connectivity index (χ1v) is 10.0. The summed E-state index contributed by atoms with van der Waals surface area (Å²) in [6, 6.07) is 11.0. The third kappa shape index (κ3) is 2.76. The van der Waals surface area contributed by atoms with Crippen LogP contribution in [0.3, 0.4) is 0 Å². The van der Waals surface area contributed by atoms with Crippen LogP contribution in [0, 0.1) is 13.8 Å². The van der Waals surface area contributed by atoms with Crippen LogP contribution in [-0.4, -0.2) is 24.3 Å². The Hall–Kier alpha value is -1.82. The molecule has 3 aromatic rings. The SMILES string of the molecule is Cc1ccc(S(=O)(=O)N2CCc3[nH]c4ccc(Cl)cc4c3C2)cc1C. The molecule has 6 heteroatoms. The van der Waals surface area contributed by atoms with Gasteiger partial charge in [0, 0.05) is 41.1 Å². The van der Waals surface area contributed by atoms with Crippen molar-refractivity contribution in [3.8, 4) is 0 Å². The van der Waals surface area contributed by atoms with Gasteiger partial charge in [0.1, 0.15) is 0 Å². The molecule has 1 aliphatic heterocycles. The Balaban J connectivity index is 1.75. The van der Waals surface area contributed by atoms with Crippen molar-refractivity contribution in [2.75, 3.05) is 6.54 Å². The maximum atomic E-state index is 13.1. The van der Waals surface area contributed by atoms with Gasteiger partial charge in [0.15, 0.2) is 0 Å². The minimum absolute atomic E-state index is 0.358. The number of aryl methyl sites for hydroxylation is 2. The van der Waals surface area contributed by atoms with Crippen LogP contribution < -0.4 is 0 Å². The highest BCUT2D eigenvalue weighted by molar-refractivity contribution is 7.89. The summed E-state index contributed by atoms with van der Waals surface area (Å²) in [4.78, 5) is 3.75. The van der Waals surface area contributed by atoms with Gasteiger partial charge in [-0.2, -0.15) is 4.31 Å². The second-order valence-electron chi connectivity index (χ2n) is 6.61. The molecule has 25 heavy (non-hydrogen) atoms. The zero-order valence-corrected chi connectivity index (χ0v) is 15.7. The highest BCUT2D eigenvalue weighted by Crippen LogP contribution is 2.32. The summed E-state index contributed by atoms with van der Waals surface area (Å²) in [7, 11) is -3.51. The van der Waals surface area contributed by atoms with Crippen molar-refractivity contribution in [1.82, 2.24) is 9.29 Å². The maximum Gasteiger partial charge on any atom is 0.243 e. The fraction of sp³-hybridized carbons (Fsp3) is 0.263. The number of nitrogens with zero attached hydrogens (tertiary/aromatic N) is 1. The van der Waals surface area contributed by atoms with Gasteiger partial charge in [0.05, 0.1) is 4.90 Å². The Kier molecular flexibility index (Phi) is 3.90. The first-order chi connectivity index (χ1) is 11.9. The van der Waals surface area contributed by atoms with Crippen molar-refractivity contribution >= 4 is 32.5 Å². The summed E-state index contributed by atoms with van der Waals surface area (Å²) in [5, 5.41) is 1.66. The zero-order valence-electron chi connectivity index (χ0n) is 14.1. The lowest BCUT2D eigenvalue weighted by Crippen LogP contribution is -2.35. The average Bonchev–Trinajstić information content (AvgIpc) is 2.94. The molecule has 0 spiro atoms. The molecule has 0 aliphatic carbocycles. The monoisotopic (exact) mass is 374 g/mol. The summed E-state index contributed by atoms with van der Waals surface area (Å²) in [5.41, 5.74) is 5.20. The molecule has 1 N–H and O–H groups in total. The van der Waals surface area contributed by atoms with Crippen molar-refractivity contribution in [1.29, 1.82) is 0 Å². The van der Waals surface area contributed by atoms with E-state index in [1.54, 1.807) is 16.4 Å². The molecule has 0 saturated heterocycles. The highest BCUT2D eigenvalue weighted by atomic mass is 35.5. The van der Waals surface area contributed by atoms with Gasteiger partial charge in [-0.3, -0.25) is 0 Å². The minimum Gasteiger partial charge on any atom is -0.358 e. The summed E-state index contributed by atoms with van der Waals surface area (Å²) in [6.07, 6.45) is 0.672. The number of hydrogen-bond acceptors (Lipinski definition) is 2. The number of aromatic nitrogens is 1. The lowest BCUT2D eigenvalue weighted by Gasteiger charge is -2.26. The number of fused-ring (bicyclic) bond motifs is 3. The molecular formula is C19H19ClN2O2S. The van der Waals surface area contributed by atoms with Gasteiger partial charge in [-0.05, 0) is 60.9 Å². The molecule has 0 fully saturated rings. The Bertz CT molecular complexity index is 1090. The smallest absolute Gasteiger partial charge is 0.243 e. The van der Waals surface area contributed by atoms with Crippen LogP contribution in [0.15, 0.2) is 41.3 Å². The standard InChI is InChI=1S/C19H19ClN2O2S/c1-12-3-5-15(9-13(12)2)25(23,24)22-8-7-19-17(11-22)16-10-14(20)4-6-18(16)21-19/h3-6,9-10,21H,7-8,11H2,1-2H3. The first-order valence-electron chi connectivity index (χ1n) is 8.22. The van der Waals surface area contributed by atoms with Crippen LogP contribution in [0.1, 0.15) is 22.4 Å². The van der Waals surface area contributed by atoms with Gasteiger partial charge >= 0.3 is 0 Å². The Morgan fingerprint density at radius 1 is 1.08 bits per heavy atom. The molecule has 0 atom stereocenters. The molecule has 1 aliphatic rings. The summed E-state index contributed by atoms with van der Waals surface area (Å²) < 4.78 is 27.7. The van der Waals surface area contributed by atoms with Gasteiger partial charge in [-0.25, -0.2) is 8.42 Å². The molecule has 0 radical (unpaired) electrons. The lowest BCUT2D eigenvalue weighted by atomic mass is 10.1. The summed E-state index contributed by atoms with van der Waals surface area (Å²) in [5.74, 6) is 0. The number of hydrogen-bond donors (Lipinski definition) is 1. The molecule has 2 heterocycles. The van der Waals surface area contributed by atoms with E-state index in [4.69, 9.17) is 11.6 Å². The fourth-order valence-corrected chi connectivity index (χ4v) is 5.06. The molecule has 0 amide bonds. The van der Waals surface area contributed by atoms with Gasteiger partial charge in [0.25, 0.3) is 0 Å². The third-order valence-corrected chi connectivity index (χ3v) is 7.09. The molecular weight excluding hydrogens is 356 g/mol. The van der Waals surface area contributed by atoms with Crippen LogP contribution in [0.4, 0.5) is 0 Å². The van der Waals surface area contributed by atoms with Crippen molar-refractivity contribution < 1.29 is 8.42 Å². The number of H-pyrrole nitrogens is 1. The van der Waals surface area contributed by atoms with Crippen molar-refractivity contribution in [2.24, 2.45) is 0 Å². The highest BCUT2D eigenvalue weighted by Gasteiger charge is 2.30. The molecule has 0 bridgehead atoms. The molecule has 130 valence electrons. The number of benzene rings is 2. The van der Waals surface area contributed by atoms with E-state index in [-0.39, 0.29) is 0 Å². The van der Waals surface area contributed by atoms with Gasteiger partial charge in [-0.15, -0.1) is 0 Å². The van der Waals surface area contributed by atoms with Crippen LogP contribution >= 0.6 is 11.6 Å². The van der Waals surface area contributed by atoms with Crippen LogP contribution in [0.25, 0.3) is 10.9 Å². The molecule has 1 aromatic heterocycles. The van der Waals surface area contributed by atoms with Crippen molar-refractivity contribution in [2.45, 2.75) is 31.7 Å². The number of nitrogens with one attached hydrogen (secondary N) is 1. The Morgan fingerprint density at radius 3 is 2.64 bits per heavy atom. The minimum atomic E-state index is -3.51. The maximum absolute atomic E-state index is 13.1. The number of rotatable bonds is 2. The number of aromatic amines is 1. The molecule has 4 rings (SSSR count). The third-order valence-electron chi connectivity index (χ3n) is 5.02. The number of halogens is 1. The number of sulfonamides is 1. The van der Waals surface area contributed by atoms with E-state index < -0.39 is 10.0 Å². The average molecular weight is 375 g/mol. The lowest BCUT2D eigenvalue weighted by molar-refractivity contribution is 0.391. The van der Waals surface area contributed by atoms with Crippen LogP contribution in [-0.2, 0) is 23.0 Å². The van der Waals surface area contributed by atoms with E-state index in [0.717, 1.165) is 33.3 Å². The Morgan fingerprint density at radius 2 is 1.88 bits per heavy atom. The van der Waals surface area contributed by atoms with E-state index in [0.29, 0.717) is 29.4 Å². The summed E-state index contributed by atoms with van der Waals surface area (Å²) >= 11 is 6.13. The van der Waals surface area contributed by atoms with E-state index in [1.165, 1.54) is 0 Å². The van der Waals surface area contributed by atoms with Crippen molar-refractivity contribution in [3.63, 3.8) is 0 Å². The Labute approximate surface area is 152 Å². The summed E-state index contributed by atoms with van der Waals surface area (Å²) in [6.45, 7) is 4.76. The van der Waals surface area contributed by atoms with Crippen LogP contribution in [0.5, 0.6) is 0 Å². The largest absolute Gasteiger partial charge is 0.358 e. The van der Waals surface area contributed by atoms with Gasteiger partial charge < -0.3 is 4.98 Å². The quantitative estimate of drug-likeness (QED) is 0.731. The second-order valence-corrected chi connectivity index (χ2v) is 8.98. The normalized spacial score (nSPS) is 15.5. The predicted molar refractivity (Wildman–Crippen MR) is 101 cm³/mol. The molecule has 0 saturated carbocycles.